The zero-order chi connectivity index (χ0) is 18.4. The van der Waals surface area contributed by atoms with E-state index in [-0.39, 0.29) is 4.90 Å². The molecule has 2 aromatic rings. The van der Waals surface area contributed by atoms with Gasteiger partial charge in [-0.1, -0.05) is 29.8 Å². The Morgan fingerprint density at radius 2 is 1.88 bits per heavy atom. The molecular formula is C16H16ClN3O4S. The molecule has 0 aromatic heterocycles. The van der Waals surface area contributed by atoms with E-state index in [0.29, 0.717) is 16.3 Å². The number of rotatable bonds is 7. The highest BCUT2D eigenvalue weighted by Crippen LogP contribution is 2.15. The third-order valence-corrected chi connectivity index (χ3v) is 4.83. The molecule has 0 spiro atoms. The van der Waals surface area contributed by atoms with Gasteiger partial charge in [0.15, 0.2) is 0 Å². The smallest absolute Gasteiger partial charge is 0.318 e. The maximum atomic E-state index is 11.9. The first-order chi connectivity index (χ1) is 11.8. The molecular weight excluding hydrogens is 366 g/mol. The molecule has 2 rings (SSSR count). The number of benzene rings is 2. The van der Waals surface area contributed by atoms with Crippen molar-refractivity contribution in [2.24, 2.45) is 5.10 Å². The van der Waals surface area contributed by atoms with E-state index in [1.807, 2.05) is 10.8 Å². The largest absolute Gasteiger partial charge is 0.480 e. The number of nitrogens with one attached hydrogen (secondary N) is 2. The van der Waals surface area contributed by atoms with Crippen LogP contribution >= 0.6 is 11.6 Å². The zero-order valence-corrected chi connectivity index (χ0v) is 14.8. The number of halogens is 1. The lowest BCUT2D eigenvalue weighted by Crippen LogP contribution is -2.29. The fraction of sp³-hybridized carbons (Fsp3) is 0.125. The number of carbonyl (C=O) groups is 1. The predicted molar refractivity (Wildman–Crippen MR) is 96.6 cm³/mol. The quantitative estimate of drug-likeness (QED) is 0.504. The molecule has 0 saturated carbocycles. The Morgan fingerprint density at radius 3 is 2.48 bits per heavy atom. The van der Waals surface area contributed by atoms with E-state index in [2.05, 4.69) is 10.5 Å². The zero-order valence-electron chi connectivity index (χ0n) is 13.2. The Labute approximate surface area is 150 Å². The standard InChI is InChI=1S/C16H16ClN3O4S/c1-11(19-20-14-4-2-3-13(17)9-14)12-5-7-15(8-6-12)25(23,24)18-10-16(21)22/h2-9,18,20H,10H2,1H3,(H,21,22)/b19-11-. The molecule has 0 saturated heterocycles. The van der Waals surface area contributed by atoms with Gasteiger partial charge in [-0.3, -0.25) is 10.2 Å². The lowest BCUT2D eigenvalue weighted by molar-refractivity contribution is -0.135. The van der Waals surface area contributed by atoms with Gasteiger partial charge in [-0.2, -0.15) is 9.82 Å². The van der Waals surface area contributed by atoms with Crippen molar-refractivity contribution in [3.63, 3.8) is 0 Å². The van der Waals surface area contributed by atoms with Crippen molar-refractivity contribution < 1.29 is 18.3 Å². The highest BCUT2D eigenvalue weighted by Gasteiger charge is 2.15. The third kappa shape index (κ3) is 5.56. The number of carboxylic acids is 1. The fourth-order valence-corrected chi connectivity index (χ4v) is 3.05. The van der Waals surface area contributed by atoms with Gasteiger partial charge in [0.25, 0.3) is 0 Å². The van der Waals surface area contributed by atoms with Crippen LogP contribution in [-0.2, 0) is 14.8 Å². The second kappa shape index (κ2) is 8.11. The molecule has 0 atom stereocenters. The van der Waals surface area contributed by atoms with Crippen LogP contribution in [0.25, 0.3) is 0 Å². The maximum absolute atomic E-state index is 11.9. The number of hydrogen-bond donors (Lipinski definition) is 3. The van der Waals surface area contributed by atoms with Crippen molar-refractivity contribution in [1.82, 2.24) is 4.72 Å². The summed E-state index contributed by atoms with van der Waals surface area (Å²) in [7, 11) is -3.86. The summed E-state index contributed by atoms with van der Waals surface area (Å²) in [5, 5.41) is 13.4. The first-order valence-electron chi connectivity index (χ1n) is 7.16. The second-order valence-corrected chi connectivity index (χ2v) is 7.27. The average molecular weight is 382 g/mol. The summed E-state index contributed by atoms with van der Waals surface area (Å²) >= 11 is 5.89. The van der Waals surface area contributed by atoms with Crippen molar-refractivity contribution >= 4 is 39.0 Å². The summed E-state index contributed by atoms with van der Waals surface area (Å²) in [5.74, 6) is -1.25. The number of hydrazone groups is 1. The van der Waals surface area contributed by atoms with Crippen molar-refractivity contribution in [3.8, 4) is 0 Å². The van der Waals surface area contributed by atoms with Crippen LogP contribution in [0.4, 0.5) is 5.69 Å². The lowest BCUT2D eigenvalue weighted by Gasteiger charge is -2.07. The van der Waals surface area contributed by atoms with Crippen LogP contribution in [-0.4, -0.2) is 31.8 Å². The van der Waals surface area contributed by atoms with Gasteiger partial charge in [-0.05, 0) is 42.8 Å². The van der Waals surface area contributed by atoms with E-state index in [1.54, 1.807) is 37.3 Å². The Bertz CT molecular complexity index is 896. The Kier molecular flexibility index (Phi) is 6.13. The Hall–Kier alpha value is -2.42. The molecule has 0 amide bonds. The van der Waals surface area contributed by atoms with E-state index in [1.165, 1.54) is 12.1 Å². The number of carboxylic acid groups (broad SMARTS) is 1. The van der Waals surface area contributed by atoms with Gasteiger partial charge in [-0.25, -0.2) is 8.42 Å². The molecule has 0 unspecified atom stereocenters. The molecule has 2 aromatic carbocycles. The van der Waals surface area contributed by atoms with Gasteiger partial charge in [-0.15, -0.1) is 0 Å². The van der Waals surface area contributed by atoms with E-state index >= 15 is 0 Å². The predicted octanol–water partition coefficient (Wildman–Crippen LogP) is 2.54. The maximum Gasteiger partial charge on any atom is 0.318 e. The molecule has 0 aliphatic rings. The topological polar surface area (TPSA) is 108 Å². The van der Waals surface area contributed by atoms with Crippen LogP contribution in [0.15, 0.2) is 58.5 Å². The molecule has 0 fully saturated rings. The summed E-state index contributed by atoms with van der Waals surface area (Å²) in [6.07, 6.45) is 0. The Balaban J connectivity index is 2.10. The molecule has 0 aliphatic carbocycles. The SMILES string of the molecule is C/C(=N/Nc1cccc(Cl)c1)c1ccc(S(=O)(=O)NCC(=O)O)cc1. The van der Waals surface area contributed by atoms with Crippen molar-refractivity contribution in [1.29, 1.82) is 0 Å². The fourth-order valence-electron chi connectivity index (χ4n) is 1.89. The number of nitrogens with zero attached hydrogens (tertiary/aromatic N) is 1. The molecule has 9 heteroatoms. The normalized spacial score (nSPS) is 12.0. The van der Waals surface area contributed by atoms with Gasteiger partial charge in [0.05, 0.1) is 16.3 Å². The van der Waals surface area contributed by atoms with Crippen LogP contribution in [0.2, 0.25) is 5.02 Å². The summed E-state index contributed by atoms with van der Waals surface area (Å²) in [6.45, 7) is 1.10. The summed E-state index contributed by atoms with van der Waals surface area (Å²) in [6, 6.07) is 13.0. The minimum Gasteiger partial charge on any atom is -0.480 e. The van der Waals surface area contributed by atoms with Gasteiger partial charge in [0, 0.05) is 5.02 Å². The molecule has 0 radical (unpaired) electrons. The molecule has 7 nitrogen and oxygen atoms in total. The molecule has 0 heterocycles. The van der Waals surface area contributed by atoms with Crippen LogP contribution in [0, 0.1) is 0 Å². The van der Waals surface area contributed by atoms with Gasteiger partial charge in [0.1, 0.15) is 6.54 Å². The first kappa shape index (κ1) is 18.9. The lowest BCUT2D eigenvalue weighted by atomic mass is 10.1. The van der Waals surface area contributed by atoms with Gasteiger partial charge < -0.3 is 5.11 Å². The van der Waals surface area contributed by atoms with Crippen molar-refractivity contribution in [3.05, 3.63) is 59.1 Å². The molecule has 132 valence electrons. The average Bonchev–Trinajstić information content (AvgIpc) is 2.58. The number of aliphatic carboxylic acids is 1. The van der Waals surface area contributed by atoms with Gasteiger partial charge >= 0.3 is 5.97 Å². The van der Waals surface area contributed by atoms with Crippen LogP contribution in [0.3, 0.4) is 0 Å². The van der Waals surface area contributed by atoms with E-state index in [4.69, 9.17) is 16.7 Å². The minimum atomic E-state index is -3.86. The van der Waals surface area contributed by atoms with Crippen molar-refractivity contribution in [2.45, 2.75) is 11.8 Å². The highest BCUT2D eigenvalue weighted by atomic mass is 35.5. The molecule has 0 bridgehead atoms. The van der Waals surface area contributed by atoms with E-state index in [0.717, 1.165) is 5.69 Å². The number of sulfonamides is 1. The van der Waals surface area contributed by atoms with Gasteiger partial charge in [0.2, 0.25) is 10.0 Å². The highest BCUT2D eigenvalue weighted by molar-refractivity contribution is 7.89. The molecule has 25 heavy (non-hydrogen) atoms. The summed E-state index contributed by atoms with van der Waals surface area (Å²) in [4.78, 5) is 10.5. The Morgan fingerprint density at radius 1 is 1.20 bits per heavy atom. The monoisotopic (exact) mass is 381 g/mol. The van der Waals surface area contributed by atoms with E-state index < -0.39 is 22.5 Å². The molecule has 3 N–H and O–H groups in total. The minimum absolute atomic E-state index is 0.0203. The molecule has 0 aliphatic heterocycles. The number of hydrogen-bond acceptors (Lipinski definition) is 5. The van der Waals surface area contributed by atoms with Crippen LogP contribution in [0.5, 0.6) is 0 Å². The third-order valence-electron chi connectivity index (χ3n) is 3.17. The van der Waals surface area contributed by atoms with E-state index in [9.17, 15) is 13.2 Å². The summed E-state index contributed by atoms with van der Waals surface area (Å²) < 4.78 is 25.9. The van der Waals surface area contributed by atoms with Crippen LogP contribution in [0.1, 0.15) is 12.5 Å². The second-order valence-electron chi connectivity index (χ2n) is 5.06. The summed E-state index contributed by atoms with van der Waals surface area (Å²) in [5.41, 5.74) is 4.95. The van der Waals surface area contributed by atoms with Crippen LogP contribution < -0.4 is 10.1 Å². The first-order valence-corrected chi connectivity index (χ1v) is 9.02. The van der Waals surface area contributed by atoms with Crippen molar-refractivity contribution in [2.75, 3.05) is 12.0 Å². The number of anilines is 1.